The Morgan fingerprint density at radius 3 is 2.94 bits per heavy atom. The monoisotopic (exact) mass is 245 g/mol. The minimum absolute atomic E-state index is 0.0481. The lowest BCUT2D eigenvalue weighted by molar-refractivity contribution is -0.116. The van der Waals surface area contributed by atoms with Crippen LogP contribution in [-0.2, 0) is 4.79 Å². The van der Waals surface area contributed by atoms with Crippen LogP contribution in [-0.4, -0.2) is 27.2 Å². The average Bonchev–Trinajstić information content (AvgIpc) is 2.91. The molecular formula is C12H15N5O. The fourth-order valence-electron chi connectivity index (χ4n) is 1.59. The normalized spacial score (nSPS) is 10.3. The van der Waals surface area contributed by atoms with Crippen LogP contribution in [0.2, 0.25) is 0 Å². The Balaban J connectivity index is 2.16. The second kappa shape index (κ2) is 5.92. The highest BCUT2D eigenvalue weighted by molar-refractivity contribution is 5.92. The lowest BCUT2D eigenvalue weighted by Gasteiger charge is -2.10. The largest absolute Gasteiger partial charge is 0.330 e. The first-order chi connectivity index (χ1) is 8.81. The summed E-state index contributed by atoms with van der Waals surface area (Å²) >= 11 is 0. The van der Waals surface area contributed by atoms with Gasteiger partial charge >= 0.3 is 0 Å². The molecule has 0 aliphatic rings. The van der Waals surface area contributed by atoms with E-state index in [1.165, 1.54) is 6.33 Å². The summed E-state index contributed by atoms with van der Waals surface area (Å²) in [6, 6.07) is 7.44. The number of amides is 1. The summed E-state index contributed by atoms with van der Waals surface area (Å²) in [7, 11) is 0. The van der Waals surface area contributed by atoms with E-state index < -0.39 is 0 Å². The molecule has 1 amide bonds. The summed E-state index contributed by atoms with van der Waals surface area (Å²) < 4.78 is 1.61. The first-order valence-corrected chi connectivity index (χ1v) is 5.75. The van der Waals surface area contributed by atoms with Gasteiger partial charge in [0.05, 0.1) is 11.4 Å². The minimum atomic E-state index is -0.0481. The molecule has 3 N–H and O–H groups in total. The molecule has 0 aliphatic carbocycles. The molecule has 0 aliphatic heterocycles. The van der Waals surface area contributed by atoms with Gasteiger partial charge in [0.1, 0.15) is 12.7 Å². The number of rotatable bonds is 5. The zero-order valence-electron chi connectivity index (χ0n) is 9.91. The number of hydrogen-bond acceptors (Lipinski definition) is 4. The molecule has 0 fully saturated rings. The standard InChI is InChI=1S/C12H15N5O/c13-7-3-6-12(18)16-10-4-1-2-5-11(10)17-9-14-8-15-17/h1-2,4-5,8-9H,3,6-7,13H2,(H,16,18). The van der Waals surface area contributed by atoms with Gasteiger partial charge in [0, 0.05) is 6.42 Å². The van der Waals surface area contributed by atoms with Crippen LogP contribution in [0.15, 0.2) is 36.9 Å². The number of anilines is 1. The van der Waals surface area contributed by atoms with Crippen molar-refractivity contribution < 1.29 is 4.79 Å². The Bertz CT molecular complexity index is 509. The molecule has 1 heterocycles. The van der Waals surface area contributed by atoms with Gasteiger partial charge in [-0.1, -0.05) is 12.1 Å². The van der Waals surface area contributed by atoms with Crippen LogP contribution in [0.3, 0.4) is 0 Å². The summed E-state index contributed by atoms with van der Waals surface area (Å²) in [5.41, 5.74) is 6.88. The van der Waals surface area contributed by atoms with E-state index >= 15 is 0 Å². The molecule has 2 rings (SSSR count). The Labute approximate surface area is 105 Å². The average molecular weight is 245 g/mol. The number of nitrogens with two attached hydrogens (primary N) is 1. The number of benzene rings is 1. The van der Waals surface area contributed by atoms with Crippen molar-refractivity contribution in [3.63, 3.8) is 0 Å². The third-order valence-electron chi connectivity index (χ3n) is 2.45. The van der Waals surface area contributed by atoms with Gasteiger partial charge in [0.2, 0.25) is 5.91 Å². The molecule has 0 saturated heterocycles. The smallest absolute Gasteiger partial charge is 0.224 e. The van der Waals surface area contributed by atoms with Crippen LogP contribution >= 0.6 is 0 Å². The van der Waals surface area contributed by atoms with Crippen LogP contribution in [0.25, 0.3) is 5.69 Å². The maximum atomic E-state index is 11.7. The quantitative estimate of drug-likeness (QED) is 0.821. The second-order valence-corrected chi connectivity index (χ2v) is 3.80. The molecule has 0 radical (unpaired) electrons. The predicted octanol–water partition coefficient (Wildman–Crippen LogP) is 0.945. The van der Waals surface area contributed by atoms with Crippen LogP contribution in [0, 0.1) is 0 Å². The zero-order valence-corrected chi connectivity index (χ0v) is 9.91. The van der Waals surface area contributed by atoms with E-state index in [-0.39, 0.29) is 5.91 Å². The van der Waals surface area contributed by atoms with Crippen molar-refractivity contribution in [1.29, 1.82) is 0 Å². The summed E-state index contributed by atoms with van der Waals surface area (Å²) in [6.45, 7) is 0.512. The highest BCUT2D eigenvalue weighted by Crippen LogP contribution is 2.18. The highest BCUT2D eigenvalue weighted by Gasteiger charge is 2.07. The van der Waals surface area contributed by atoms with Crippen molar-refractivity contribution >= 4 is 11.6 Å². The molecular weight excluding hydrogens is 230 g/mol. The van der Waals surface area contributed by atoms with Crippen molar-refractivity contribution in [2.75, 3.05) is 11.9 Å². The fourth-order valence-corrected chi connectivity index (χ4v) is 1.59. The first-order valence-electron chi connectivity index (χ1n) is 5.75. The lowest BCUT2D eigenvalue weighted by Crippen LogP contribution is -2.15. The summed E-state index contributed by atoms with van der Waals surface area (Å²) in [4.78, 5) is 15.6. The van der Waals surface area contributed by atoms with E-state index in [0.29, 0.717) is 25.1 Å². The molecule has 6 heteroatoms. The molecule has 0 saturated carbocycles. The molecule has 0 atom stereocenters. The molecule has 1 aromatic heterocycles. The lowest BCUT2D eigenvalue weighted by atomic mass is 10.2. The van der Waals surface area contributed by atoms with E-state index in [0.717, 1.165) is 5.69 Å². The third kappa shape index (κ3) is 2.92. The molecule has 0 spiro atoms. The molecule has 18 heavy (non-hydrogen) atoms. The van der Waals surface area contributed by atoms with Gasteiger partial charge in [0.25, 0.3) is 0 Å². The number of aromatic nitrogens is 3. The van der Waals surface area contributed by atoms with Crippen molar-refractivity contribution in [3.05, 3.63) is 36.9 Å². The molecule has 1 aromatic carbocycles. The van der Waals surface area contributed by atoms with Crippen LogP contribution < -0.4 is 11.1 Å². The summed E-state index contributed by atoms with van der Waals surface area (Å²) in [5, 5.41) is 6.90. The summed E-state index contributed by atoms with van der Waals surface area (Å²) in [6.07, 6.45) is 4.14. The second-order valence-electron chi connectivity index (χ2n) is 3.80. The molecule has 6 nitrogen and oxygen atoms in total. The van der Waals surface area contributed by atoms with E-state index in [2.05, 4.69) is 15.4 Å². The van der Waals surface area contributed by atoms with Crippen molar-refractivity contribution in [1.82, 2.24) is 14.8 Å². The summed E-state index contributed by atoms with van der Waals surface area (Å²) in [5.74, 6) is -0.0481. The van der Waals surface area contributed by atoms with E-state index in [1.54, 1.807) is 11.0 Å². The molecule has 2 aromatic rings. The van der Waals surface area contributed by atoms with E-state index in [9.17, 15) is 4.79 Å². The molecule has 0 unspecified atom stereocenters. The van der Waals surface area contributed by atoms with Gasteiger partial charge < -0.3 is 11.1 Å². The van der Waals surface area contributed by atoms with Crippen molar-refractivity contribution in [3.8, 4) is 5.69 Å². The molecule has 0 bridgehead atoms. The predicted molar refractivity (Wildman–Crippen MR) is 68.3 cm³/mol. The van der Waals surface area contributed by atoms with Crippen molar-refractivity contribution in [2.24, 2.45) is 5.73 Å². The van der Waals surface area contributed by atoms with Gasteiger partial charge in [0.15, 0.2) is 0 Å². The Kier molecular flexibility index (Phi) is 4.03. The zero-order chi connectivity index (χ0) is 12.8. The number of nitrogens with zero attached hydrogens (tertiary/aromatic N) is 3. The van der Waals surface area contributed by atoms with Gasteiger partial charge in [-0.3, -0.25) is 4.79 Å². The SMILES string of the molecule is NCCCC(=O)Nc1ccccc1-n1cncn1. The highest BCUT2D eigenvalue weighted by atomic mass is 16.1. The van der Waals surface area contributed by atoms with E-state index in [4.69, 9.17) is 5.73 Å². The number of carbonyl (C=O) groups is 1. The number of carbonyl (C=O) groups excluding carboxylic acids is 1. The Morgan fingerprint density at radius 1 is 1.39 bits per heavy atom. The maximum Gasteiger partial charge on any atom is 0.224 e. The Hall–Kier alpha value is -2.21. The van der Waals surface area contributed by atoms with E-state index in [1.807, 2.05) is 24.3 Å². The fraction of sp³-hybridized carbons (Fsp3) is 0.250. The third-order valence-corrected chi connectivity index (χ3v) is 2.45. The van der Waals surface area contributed by atoms with Gasteiger partial charge in [-0.25, -0.2) is 9.67 Å². The van der Waals surface area contributed by atoms with Crippen molar-refractivity contribution in [2.45, 2.75) is 12.8 Å². The minimum Gasteiger partial charge on any atom is -0.330 e. The van der Waals surface area contributed by atoms with Crippen LogP contribution in [0.5, 0.6) is 0 Å². The van der Waals surface area contributed by atoms with Gasteiger partial charge in [-0.15, -0.1) is 0 Å². The number of nitrogens with one attached hydrogen (secondary N) is 1. The van der Waals surface area contributed by atoms with Gasteiger partial charge in [-0.05, 0) is 25.1 Å². The van der Waals surface area contributed by atoms with Crippen LogP contribution in [0.1, 0.15) is 12.8 Å². The first kappa shape index (κ1) is 12.3. The Morgan fingerprint density at radius 2 is 2.22 bits per heavy atom. The number of para-hydroxylation sites is 2. The maximum absolute atomic E-state index is 11.7. The topological polar surface area (TPSA) is 85.8 Å². The number of hydrogen-bond donors (Lipinski definition) is 2. The van der Waals surface area contributed by atoms with Crippen LogP contribution in [0.4, 0.5) is 5.69 Å². The molecule has 94 valence electrons. The van der Waals surface area contributed by atoms with Gasteiger partial charge in [-0.2, -0.15) is 5.10 Å².